The van der Waals surface area contributed by atoms with Gasteiger partial charge in [0.1, 0.15) is 17.4 Å². The summed E-state index contributed by atoms with van der Waals surface area (Å²) in [7, 11) is 1.61. The molecule has 0 saturated carbocycles. The summed E-state index contributed by atoms with van der Waals surface area (Å²) in [6, 6.07) is 11.9. The Hall–Kier alpha value is -2.07. The van der Waals surface area contributed by atoms with E-state index in [9.17, 15) is 4.39 Å². The van der Waals surface area contributed by atoms with Crippen molar-refractivity contribution < 1.29 is 9.13 Å². The van der Waals surface area contributed by atoms with Crippen LogP contribution in [0, 0.1) is 5.82 Å². The molecule has 3 nitrogen and oxygen atoms in total. The van der Waals surface area contributed by atoms with Crippen LogP contribution in [0.5, 0.6) is 5.75 Å². The Kier molecular flexibility index (Phi) is 3.55. The zero-order chi connectivity index (χ0) is 15.0. The second-order valence-electron chi connectivity index (χ2n) is 4.75. The van der Waals surface area contributed by atoms with Crippen LogP contribution in [0.4, 0.5) is 4.39 Å². The molecule has 3 aromatic rings. The van der Waals surface area contributed by atoms with E-state index in [4.69, 9.17) is 16.3 Å². The van der Waals surface area contributed by atoms with E-state index < -0.39 is 0 Å². The summed E-state index contributed by atoms with van der Waals surface area (Å²) in [4.78, 5) is 4.58. The predicted molar refractivity (Wildman–Crippen MR) is 81.8 cm³/mol. The Labute approximate surface area is 126 Å². The van der Waals surface area contributed by atoms with E-state index >= 15 is 0 Å². The predicted octanol–water partition coefficient (Wildman–Crippen LogP) is 4.47. The summed E-state index contributed by atoms with van der Waals surface area (Å²) in [6.45, 7) is 1.86. The minimum atomic E-state index is -0.273. The minimum Gasteiger partial charge on any atom is -0.497 e. The van der Waals surface area contributed by atoms with Crippen LogP contribution < -0.4 is 4.74 Å². The number of ether oxygens (including phenoxy) is 1. The van der Waals surface area contributed by atoms with Crippen LogP contribution in [0.2, 0.25) is 0 Å². The van der Waals surface area contributed by atoms with Gasteiger partial charge in [0, 0.05) is 11.8 Å². The number of aromatic nitrogens is 2. The van der Waals surface area contributed by atoms with Gasteiger partial charge < -0.3 is 4.74 Å². The highest BCUT2D eigenvalue weighted by atomic mass is 35.5. The number of fused-ring (bicyclic) bond motifs is 1. The third kappa shape index (κ3) is 2.47. The molecule has 1 heterocycles. The molecule has 0 amide bonds. The quantitative estimate of drug-likeness (QED) is 0.667. The van der Waals surface area contributed by atoms with Crippen molar-refractivity contribution in [2.45, 2.75) is 12.3 Å². The molecule has 2 aromatic carbocycles. The molecule has 0 radical (unpaired) electrons. The number of nitrogens with zero attached hydrogens (tertiary/aromatic N) is 2. The molecular weight excluding hydrogens is 291 g/mol. The number of hydrogen-bond acceptors (Lipinski definition) is 2. The average Bonchev–Trinajstić information content (AvgIpc) is 2.86. The fourth-order valence-electron chi connectivity index (χ4n) is 2.33. The number of imidazole rings is 1. The second-order valence-corrected chi connectivity index (χ2v) is 5.41. The first-order valence-corrected chi connectivity index (χ1v) is 7.00. The van der Waals surface area contributed by atoms with Gasteiger partial charge in [-0.2, -0.15) is 0 Å². The molecule has 1 unspecified atom stereocenters. The zero-order valence-corrected chi connectivity index (χ0v) is 12.4. The Balaban J connectivity index is 2.28. The second kappa shape index (κ2) is 5.37. The Morgan fingerprint density at radius 3 is 2.52 bits per heavy atom. The van der Waals surface area contributed by atoms with Crippen molar-refractivity contribution in [1.82, 2.24) is 9.55 Å². The minimum absolute atomic E-state index is 0.270. The summed E-state index contributed by atoms with van der Waals surface area (Å²) in [6.07, 6.45) is 0. The summed E-state index contributed by atoms with van der Waals surface area (Å²) in [5.74, 6) is 1.18. The highest BCUT2D eigenvalue weighted by Gasteiger charge is 2.16. The maximum absolute atomic E-state index is 13.1. The lowest BCUT2D eigenvalue weighted by molar-refractivity contribution is 0.415. The van der Waals surface area contributed by atoms with Gasteiger partial charge in [0.2, 0.25) is 0 Å². The number of hydrogen-bond donors (Lipinski definition) is 0. The summed E-state index contributed by atoms with van der Waals surface area (Å²) in [5.41, 5.74) is 2.53. The standard InChI is InChI=1S/C16H14ClFN2O/c1-10(17)16-19-14-9-13(21-2)7-8-15(14)20(16)12-5-3-11(18)4-6-12/h3-10H,1-2H3. The lowest BCUT2D eigenvalue weighted by atomic mass is 10.2. The largest absolute Gasteiger partial charge is 0.497 e. The molecule has 0 bridgehead atoms. The number of rotatable bonds is 3. The molecule has 21 heavy (non-hydrogen) atoms. The van der Waals surface area contributed by atoms with Gasteiger partial charge in [0.15, 0.2) is 0 Å². The first-order chi connectivity index (χ1) is 10.1. The highest BCUT2D eigenvalue weighted by molar-refractivity contribution is 6.20. The Bertz CT molecular complexity index is 781. The molecule has 1 atom stereocenters. The van der Waals surface area contributed by atoms with Gasteiger partial charge in [-0.25, -0.2) is 9.37 Å². The van der Waals surface area contributed by atoms with Gasteiger partial charge in [0.05, 0.1) is 23.5 Å². The third-order valence-electron chi connectivity index (χ3n) is 3.33. The van der Waals surface area contributed by atoms with Crippen LogP contribution >= 0.6 is 11.6 Å². The van der Waals surface area contributed by atoms with E-state index in [1.807, 2.05) is 29.7 Å². The van der Waals surface area contributed by atoms with Crippen LogP contribution in [-0.2, 0) is 0 Å². The van der Waals surface area contributed by atoms with E-state index in [0.717, 1.165) is 22.5 Å². The van der Waals surface area contributed by atoms with Crippen molar-refractivity contribution in [2.24, 2.45) is 0 Å². The fourth-order valence-corrected chi connectivity index (χ4v) is 2.48. The molecule has 108 valence electrons. The van der Waals surface area contributed by atoms with Crippen molar-refractivity contribution in [1.29, 1.82) is 0 Å². The molecule has 0 aliphatic heterocycles. The average molecular weight is 305 g/mol. The number of halogens is 2. The van der Waals surface area contributed by atoms with Crippen molar-refractivity contribution in [3.8, 4) is 11.4 Å². The third-order valence-corrected chi connectivity index (χ3v) is 3.52. The van der Waals surface area contributed by atoms with Gasteiger partial charge in [0.25, 0.3) is 0 Å². The molecule has 3 rings (SSSR count). The van der Waals surface area contributed by atoms with E-state index in [1.165, 1.54) is 12.1 Å². The van der Waals surface area contributed by atoms with Crippen LogP contribution in [0.1, 0.15) is 18.1 Å². The SMILES string of the molecule is COc1ccc2c(c1)nc(C(C)Cl)n2-c1ccc(F)cc1. The first kappa shape index (κ1) is 13.9. The van der Waals surface area contributed by atoms with Gasteiger partial charge >= 0.3 is 0 Å². The Morgan fingerprint density at radius 1 is 1.19 bits per heavy atom. The molecule has 0 aliphatic rings. The Morgan fingerprint density at radius 2 is 1.90 bits per heavy atom. The van der Waals surface area contributed by atoms with Crippen LogP contribution in [0.3, 0.4) is 0 Å². The van der Waals surface area contributed by atoms with Crippen molar-refractivity contribution in [3.05, 3.63) is 54.1 Å². The summed E-state index contributed by atoms with van der Waals surface area (Å²) >= 11 is 6.25. The van der Waals surface area contributed by atoms with Crippen LogP contribution in [0.25, 0.3) is 16.7 Å². The van der Waals surface area contributed by atoms with E-state index in [-0.39, 0.29) is 11.2 Å². The highest BCUT2D eigenvalue weighted by Crippen LogP contribution is 2.30. The van der Waals surface area contributed by atoms with Crippen molar-refractivity contribution in [3.63, 3.8) is 0 Å². The lowest BCUT2D eigenvalue weighted by Gasteiger charge is -2.10. The number of alkyl halides is 1. The fraction of sp³-hybridized carbons (Fsp3) is 0.188. The number of benzene rings is 2. The number of methoxy groups -OCH3 is 1. The van der Waals surface area contributed by atoms with Gasteiger partial charge in [-0.05, 0) is 43.3 Å². The molecule has 0 aliphatic carbocycles. The molecule has 0 saturated heterocycles. The van der Waals surface area contributed by atoms with E-state index in [2.05, 4.69) is 4.98 Å². The van der Waals surface area contributed by atoms with E-state index in [1.54, 1.807) is 19.2 Å². The zero-order valence-electron chi connectivity index (χ0n) is 11.7. The maximum atomic E-state index is 13.1. The van der Waals surface area contributed by atoms with Crippen molar-refractivity contribution in [2.75, 3.05) is 7.11 Å². The van der Waals surface area contributed by atoms with Gasteiger partial charge in [-0.1, -0.05) is 0 Å². The summed E-state index contributed by atoms with van der Waals surface area (Å²) in [5, 5.41) is -0.270. The van der Waals surface area contributed by atoms with Crippen molar-refractivity contribution >= 4 is 22.6 Å². The monoisotopic (exact) mass is 304 g/mol. The maximum Gasteiger partial charge on any atom is 0.132 e. The lowest BCUT2D eigenvalue weighted by Crippen LogP contribution is -2.01. The molecule has 0 spiro atoms. The van der Waals surface area contributed by atoms with Gasteiger partial charge in [-0.3, -0.25) is 4.57 Å². The smallest absolute Gasteiger partial charge is 0.132 e. The molecule has 1 aromatic heterocycles. The topological polar surface area (TPSA) is 27.1 Å². The molecule has 0 N–H and O–H groups in total. The normalized spacial score (nSPS) is 12.6. The molecule has 0 fully saturated rings. The molecular formula is C16H14ClFN2O. The van der Waals surface area contributed by atoms with E-state index in [0.29, 0.717) is 5.82 Å². The van der Waals surface area contributed by atoms with Crippen LogP contribution in [0.15, 0.2) is 42.5 Å². The first-order valence-electron chi connectivity index (χ1n) is 6.56. The van der Waals surface area contributed by atoms with Crippen LogP contribution in [-0.4, -0.2) is 16.7 Å². The molecule has 5 heteroatoms. The summed E-state index contributed by atoms with van der Waals surface area (Å²) < 4.78 is 20.3. The van der Waals surface area contributed by atoms with Gasteiger partial charge in [-0.15, -0.1) is 11.6 Å².